The highest BCUT2D eigenvalue weighted by atomic mass is 19.3. The Morgan fingerprint density at radius 3 is 1.71 bits per heavy atom. The topological polar surface area (TPSA) is 19.9 Å². The third-order valence-corrected chi connectivity index (χ3v) is 0.714. The number of halogens is 2. The zero-order chi connectivity index (χ0) is 6.08. The van der Waals surface area contributed by atoms with Crippen molar-refractivity contribution in [1.29, 1.82) is 0 Å². The molecule has 3 heteroatoms. The van der Waals surface area contributed by atoms with Crippen molar-refractivity contribution < 1.29 is 13.9 Å². The van der Waals surface area contributed by atoms with Crippen molar-refractivity contribution in [3.05, 3.63) is 0 Å². The van der Waals surface area contributed by atoms with Crippen molar-refractivity contribution in [3.8, 4) is 0 Å². The van der Waals surface area contributed by atoms with Gasteiger partial charge in [-0.25, -0.2) is 13.9 Å². The van der Waals surface area contributed by atoms with Gasteiger partial charge in [0.1, 0.15) is 0 Å². The SMILES string of the molecule is CC([O])C(C)(F)F. The van der Waals surface area contributed by atoms with Crippen LogP contribution in [0.1, 0.15) is 13.8 Å². The Morgan fingerprint density at radius 2 is 1.71 bits per heavy atom. The highest BCUT2D eigenvalue weighted by molar-refractivity contribution is 4.63. The van der Waals surface area contributed by atoms with Crippen LogP contribution in [0.3, 0.4) is 0 Å². The lowest BCUT2D eigenvalue weighted by atomic mass is 10.2. The molecule has 0 aliphatic carbocycles. The average Bonchev–Trinajstić information content (AvgIpc) is 1.31. The summed E-state index contributed by atoms with van der Waals surface area (Å²) >= 11 is 0. The van der Waals surface area contributed by atoms with Crippen LogP contribution in [-0.2, 0) is 5.11 Å². The molecular weight excluding hydrogens is 102 g/mol. The van der Waals surface area contributed by atoms with Crippen LogP contribution in [-0.4, -0.2) is 12.0 Å². The Bertz CT molecular complexity index is 55.2. The molecule has 0 saturated carbocycles. The monoisotopic (exact) mass is 109 g/mol. The molecule has 0 aromatic heterocycles. The number of hydrogen-bond acceptors (Lipinski definition) is 0. The maximum atomic E-state index is 11.5. The van der Waals surface area contributed by atoms with Crippen LogP contribution in [0.15, 0.2) is 0 Å². The van der Waals surface area contributed by atoms with Crippen LogP contribution >= 0.6 is 0 Å². The minimum Gasteiger partial charge on any atom is -0.227 e. The maximum absolute atomic E-state index is 11.5. The van der Waals surface area contributed by atoms with E-state index in [0.717, 1.165) is 6.92 Å². The fourth-order valence-corrected chi connectivity index (χ4v) is 0. The quantitative estimate of drug-likeness (QED) is 0.485. The van der Waals surface area contributed by atoms with E-state index in [0.29, 0.717) is 6.92 Å². The molecule has 0 aliphatic rings. The summed E-state index contributed by atoms with van der Waals surface area (Å²) in [6, 6.07) is 0. The summed E-state index contributed by atoms with van der Waals surface area (Å²) in [5.41, 5.74) is 0. The summed E-state index contributed by atoms with van der Waals surface area (Å²) in [7, 11) is 0. The predicted octanol–water partition coefficient (Wildman–Crippen LogP) is 1.46. The van der Waals surface area contributed by atoms with E-state index in [1.54, 1.807) is 0 Å². The number of alkyl halides is 2. The van der Waals surface area contributed by atoms with Gasteiger partial charge >= 0.3 is 0 Å². The van der Waals surface area contributed by atoms with Crippen LogP contribution in [0.4, 0.5) is 8.78 Å². The Morgan fingerprint density at radius 1 is 1.57 bits per heavy atom. The Balaban J connectivity index is 3.54. The summed E-state index contributed by atoms with van der Waals surface area (Å²) < 4.78 is 23.1. The molecule has 1 radical (unpaired) electrons. The summed E-state index contributed by atoms with van der Waals surface area (Å²) in [4.78, 5) is 0. The summed E-state index contributed by atoms with van der Waals surface area (Å²) in [6.45, 7) is 1.56. The molecule has 0 saturated heterocycles. The van der Waals surface area contributed by atoms with Gasteiger partial charge in [-0.1, -0.05) is 0 Å². The lowest BCUT2D eigenvalue weighted by Crippen LogP contribution is -2.24. The van der Waals surface area contributed by atoms with Crippen molar-refractivity contribution >= 4 is 0 Å². The van der Waals surface area contributed by atoms with E-state index in [9.17, 15) is 13.9 Å². The first-order chi connectivity index (χ1) is 2.94. The van der Waals surface area contributed by atoms with Crippen molar-refractivity contribution in [2.24, 2.45) is 0 Å². The van der Waals surface area contributed by atoms with E-state index in [1.165, 1.54) is 0 Å². The second kappa shape index (κ2) is 1.74. The zero-order valence-electron chi connectivity index (χ0n) is 4.24. The van der Waals surface area contributed by atoms with E-state index < -0.39 is 12.0 Å². The van der Waals surface area contributed by atoms with Gasteiger partial charge in [0.15, 0.2) is 6.10 Å². The fourth-order valence-electron chi connectivity index (χ4n) is 0. The Hall–Kier alpha value is -0.180. The molecule has 0 N–H and O–H groups in total. The molecule has 0 aliphatic heterocycles. The standard InChI is InChI=1S/C4H7F2O/c1-3(7)4(2,5)6/h3H,1-2H3. The largest absolute Gasteiger partial charge is 0.273 e. The van der Waals surface area contributed by atoms with Gasteiger partial charge in [0.25, 0.3) is 5.92 Å². The molecule has 0 spiro atoms. The molecule has 1 unspecified atom stereocenters. The van der Waals surface area contributed by atoms with Crippen LogP contribution < -0.4 is 0 Å². The first-order valence-corrected chi connectivity index (χ1v) is 1.98. The van der Waals surface area contributed by atoms with Crippen molar-refractivity contribution in [2.75, 3.05) is 0 Å². The van der Waals surface area contributed by atoms with Crippen LogP contribution in [0.5, 0.6) is 0 Å². The first-order valence-electron chi connectivity index (χ1n) is 1.98. The lowest BCUT2D eigenvalue weighted by Gasteiger charge is -2.09. The van der Waals surface area contributed by atoms with Gasteiger partial charge in [-0.3, -0.25) is 0 Å². The van der Waals surface area contributed by atoms with Crippen molar-refractivity contribution in [1.82, 2.24) is 0 Å². The highest BCUT2D eigenvalue weighted by Crippen LogP contribution is 2.16. The van der Waals surface area contributed by atoms with Crippen LogP contribution in [0, 0.1) is 0 Å². The van der Waals surface area contributed by atoms with Gasteiger partial charge in [-0.15, -0.1) is 0 Å². The molecule has 0 fully saturated rings. The second-order valence-electron chi connectivity index (χ2n) is 1.60. The summed E-state index contributed by atoms with van der Waals surface area (Å²) in [5.74, 6) is -3.06. The smallest absolute Gasteiger partial charge is 0.227 e. The first kappa shape index (κ1) is 6.82. The molecule has 0 amide bonds. The molecule has 0 heterocycles. The van der Waals surface area contributed by atoms with E-state index in [4.69, 9.17) is 0 Å². The molecule has 43 valence electrons. The van der Waals surface area contributed by atoms with E-state index in [2.05, 4.69) is 0 Å². The second-order valence-corrected chi connectivity index (χ2v) is 1.60. The van der Waals surface area contributed by atoms with Crippen LogP contribution in [0.2, 0.25) is 0 Å². The van der Waals surface area contributed by atoms with Gasteiger partial charge in [0.2, 0.25) is 0 Å². The van der Waals surface area contributed by atoms with Gasteiger partial charge in [-0.2, -0.15) is 0 Å². The van der Waals surface area contributed by atoms with Gasteiger partial charge in [0, 0.05) is 6.92 Å². The predicted molar refractivity (Wildman–Crippen MR) is 20.8 cm³/mol. The summed E-state index contributed by atoms with van der Waals surface area (Å²) in [5, 5.41) is 9.80. The molecular formula is C4H7F2O. The van der Waals surface area contributed by atoms with E-state index >= 15 is 0 Å². The van der Waals surface area contributed by atoms with Crippen LogP contribution in [0.25, 0.3) is 0 Å². The minimum absolute atomic E-state index is 0.616. The molecule has 1 nitrogen and oxygen atoms in total. The normalized spacial score (nSPS) is 16.7. The average molecular weight is 109 g/mol. The Kier molecular flexibility index (Phi) is 1.69. The lowest BCUT2D eigenvalue weighted by molar-refractivity contribution is -0.113. The van der Waals surface area contributed by atoms with Crippen molar-refractivity contribution in [2.45, 2.75) is 25.9 Å². The third-order valence-electron chi connectivity index (χ3n) is 0.714. The number of hydrogen-bond donors (Lipinski definition) is 0. The fraction of sp³-hybridized carbons (Fsp3) is 1.00. The molecule has 0 aromatic rings. The molecule has 1 atom stereocenters. The zero-order valence-corrected chi connectivity index (χ0v) is 4.24. The highest BCUT2D eigenvalue weighted by Gasteiger charge is 2.29. The molecule has 0 rings (SSSR count). The third kappa shape index (κ3) is 2.51. The molecule has 0 aromatic carbocycles. The minimum atomic E-state index is -3.06. The molecule has 7 heavy (non-hydrogen) atoms. The van der Waals surface area contributed by atoms with Gasteiger partial charge < -0.3 is 0 Å². The Labute approximate surface area is 41.0 Å². The van der Waals surface area contributed by atoms with E-state index in [-0.39, 0.29) is 0 Å². The summed E-state index contributed by atoms with van der Waals surface area (Å²) in [6.07, 6.45) is -1.78. The van der Waals surface area contributed by atoms with Gasteiger partial charge in [-0.05, 0) is 6.92 Å². The number of rotatable bonds is 1. The van der Waals surface area contributed by atoms with Gasteiger partial charge in [0.05, 0.1) is 0 Å². The van der Waals surface area contributed by atoms with E-state index in [1.807, 2.05) is 0 Å². The molecule has 0 bridgehead atoms. The van der Waals surface area contributed by atoms with Crippen molar-refractivity contribution in [3.63, 3.8) is 0 Å². The maximum Gasteiger partial charge on any atom is 0.273 e.